The molecule has 0 atom stereocenters. The van der Waals surface area contributed by atoms with Gasteiger partial charge in [-0.15, -0.1) is 12.4 Å². The maximum absolute atomic E-state index is 12.8. The molecule has 13 nitrogen and oxygen atoms in total. The number of rotatable bonds is 6. The fourth-order valence-corrected chi connectivity index (χ4v) is 5.05. The van der Waals surface area contributed by atoms with Crippen LogP contribution in [0.3, 0.4) is 0 Å². The molecule has 2 aliphatic heterocycles. The van der Waals surface area contributed by atoms with Crippen molar-refractivity contribution < 1.29 is 15.6 Å². The minimum atomic E-state index is -0.492. The summed E-state index contributed by atoms with van der Waals surface area (Å²) < 4.78 is 0. The van der Waals surface area contributed by atoms with Crippen LogP contribution in [0, 0.1) is 0 Å². The van der Waals surface area contributed by atoms with Crippen LogP contribution in [-0.2, 0) is 0 Å². The van der Waals surface area contributed by atoms with Crippen LogP contribution >= 0.6 is 35.6 Å². The molecule has 3 aromatic rings. The van der Waals surface area contributed by atoms with Gasteiger partial charge in [0.25, 0.3) is 5.91 Å². The molecule has 5 rings (SSSR count). The zero-order valence-electron chi connectivity index (χ0n) is 23.6. The Hall–Kier alpha value is -3.17. The number of halogens is 3. The van der Waals surface area contributed by atoms with Crippen molar-refractivity contribution in [2.75, 3.05) is 46.6 Å². The van der Waals surface area contributed by atoms with Crippen molar-refractivity contribution in [1.29, 1.82) is 0 Å². The number of amides is 1. The average molecular weight is 655 g/mol. The third-order valence-corrected chi connectivity index (χ3v) is 7.12. The van der Waals surface area contributed by atoms with Gasteiger partial charge in [0.05, 0.1) is 16.3 Å². The Balaban J connectivity index is -0.000000623. The molecule has 3 heterocycles. The lowest BCUT2D eigenvalue weighted by Gasteiger charge is -2.30. The molecule has 242 valence electrons. The van der Waals surface area contributed by atoms with Gasteiger partial charge in [0, 0.05) is 48.7 Å². The van der Waals surface area contributed by atoms with Gasteiger partial charge in [0.1, 0.15) is 5.75 Å². The Bertz CT molecular complexity index is 1270. The lowest BCUT2D eigenvalue weighted by molar-refractivity contribution is 0.102. The highest BCUT2D eigenvalue weighted by Gasteiger charge is 2.21. The van der Waals surface area contributed by atoms with E-state index in [1.807, 2.05) is 0 Å². The Morgan fingerprint density at radius 3 is 1.83 bits per heavy atom. The minimum absolute atomic E-state index is 0. The standard InChI is InChI=1S/C26H29Cl2N7O2.ClH.4H3N.4H2/c27-17-7-10-21(20(28)15-17)30-23(37)19-9-8-18(16-22(19)36)29-24-31-25(34-11-3-1-4-12-34)33-26(32-24)35-13-5-2-6-14-35;;;;;;;;;/h7-10,15-16,36H,1-6,11-14H2,(H,30,37)(H,29,31,32,33);1H;4*1H3;4*1H. The SMILES string of the molecule is Cl.N.N.N.N.O=C(Nc1ccc(Cl)cc1Cl)c1ccc(Nc2nc(N3CCCCC3)nc(N3CCCCC3)n2)cc1O.[HH].[HH].[HH].[HH]. The molecule has 0 aliphatic carbocycles. The van der Waals surface area contributed by atoms with Crippen molar-refractivity contribution >= 4 is 70.7 Å². The third kappa shape index (κ3) is 9.42. The number of aromatic nitrogens is 3. The van der Waals surface area contributed by atoms with Gasteiger partial charge >= 0.3 is 0 Å². The summed E-state index contributed by atoms with van der Waals surface area (Å²) in [5.41, 5.74) is 1.06. The number of piperidine rings is 2. The summed E-state index contributed by atoms with van der Waals surface area (Å²) in [7, 11) is 0. The predicted molar refractivity (Wildman–Crippen MR) is 184 cm³/mol. The second-order valence-corrected chi connectivity index (χ2v) is 10.1. The Labute approximate surface area is 268 Å². The summed E-state index contributed by atoms with van der Waals surface area (Å²) >= 11 is 12.1. The zero-order valence-corrected chi connectivity index (χ0v) is 25.9. The fourth-order valence-electron chi connectivity index (χ4n) is 4.59. The number of benzene rings is 2. The minimum Gasteiger partial charge on any atom is -0.507 e. The van der Waals surface area contributed by atoms with Crippen molar-refractivity contribution in [2.24, 2.45) is 0 Å². The number of anilines is 5. The number of nitrogens with zero attached hydrogens (tertiary/aromatic N) is 5. The van der Waals surface area contributed by atoms with Crippen molar-refractivity contribution in [3.8, 4) is 5.75 Å². The number of hydrogen-bond acceptors (Lipinski definition) is 12. The molecule has 0 saturated carbocycles. The molecule has 2 fully saturated rings. The largest absolute Gasteiger partial charge is 0.507 e. The van der Waals surface area contributed by atoms with E-state index in [0.29, 0.717) is 39.3 Å². The average Bonchev–Trinajstić information content (AvgIpc) is 2.91. The van der Waals surface area contributed by atoms with E-state index >= 15 is 0 Å². The summed E-state index contributed by atoms with van der Waals surface area (Å²) in [4.78, 5) is 31.3. The highest BCUT2D eigenvalue weighted by molar-refractivity contribution is 6.36. The number of aromatic hydroxyl groups is 1. The van der Waals surface area contributed by atoms with Crippen LogP contribution in [0.15, 0.2) is 36.4 Å². The molecule has 0 bridgehead atoms. The predicted octanol–water partition coefficient (Wildman–Crippen LogP) is 7.91. The molecular formula is C26H50Cl3N11O2. The highest BCUT2D eigenvalue weighted by Crippen LogP contribution is 2.29. The quantitative estimate of drug-likeness (QED) is 0.134. The molecule has 15 N–H and O–H groups in total. The number of carbonyl (C=O) groups is 1. The lowest BCUT2D eigenvalue weighted by atomic mass is 10.1. The van der Waals surface area contributed by atoms with E-state index in [9.17, 15) is 9.90 Å². The first kappa shape index (κ1) is 38.8. The van der Waals surface area contributed by atoms with E-state index in [0.717, 1.165) is 51.9 Å². The lowest BCUT2D eigenvalue weighted by Crippen LogP contribution is -2.34. The van der Waals surface area contributed by atoms with Crippen LogP contribution in [0.5, 0.6) is 5.75 Å². The van der Waals surface area contributed by atoms with Crippen LogP contribution in [0.25, 0.3) is 0 Å². The van der Waals surface area contributed by atoms with Crippen LogP contribution in [0.2, 0.25) is 10.0 Å². The smallest absolute Gasteiger partial charge is 0.259 e. The summed E-state index contributed by atoms with van der Waals surface area (Å²) in [5, 5.41) is 17.3. The monoisotopic (exact) mass is 653 g/mol. The molecule has 2 saturated heterocycles. The van der Waals surface area contributed by atoms with Crippen LogP contribution in [0.4, 0.5) is 29.2 Å². The topological polar surface area (TPSA) is 247 Å². The zero-order chi connectivity index (χ0) is 25.8. The second-order valence-electron chi connectivity index (χ2n) is 9.29. The van der Waals surface area contributed by atoms with Gasteiger partial charge in [0.15, 0.2) is 0 Å². The Kier molecular flexibility index (Phi) is 16.4. The molecule has 2 aliphatic rings. The summed E-state index contributed by atoms with van der Waals surface area (Å²) in [6.45, 7) is 3.69. The van der Waals surface area contributed by atoms with E-state index in [1.165, 1.54) is 31.0 Å². The summed E-state index contributed by atoms with van der Waals surface area (Å²) in [6, 6.07) is 9.48. The molecule has 42 heavy (non-hydrogen) atoms. The first-order valence-electron chi connectivity index (χ1n) is 12.6. The second kappa shape index (κ2) is 17.7. The number of carbonyl (C=O) groups excluding carboxylic acids is 1. The molecule has 0 radical (unpaired) electrons. The van der Waals surface area contributed by atoms with Gasteiger partial charge < -0.3 is 50.1 Å². The maximum atomic E-state index is 12.8. The summed E-state index contributed by atoms with van der Waals surface area (Å²) in [6.07, 6.45) is 6.90. The third-order valence-electron chi connectivity index (χ3n) is 6.57. The van der Waals surface area contributed by atoms with E-state index in [2.05, 4.69) is 30.4 Å². The van der Waals surface area contributed by atoms with Gasteiger partial charge in [-0.3, -0.25) is 4.79 Å². The number of hydrogen-bond donors (Lipinski definition) is 7. The first-order chi connectivity index (χ1) is 18.0. The van der Waals surface area contributed by atoms with Crippen LogP contribution in [0.1, 0.15) is 54.6 Å². The van der Waals surface area contributed by atoms with Crippen molar-refractivity contribution in [2.45, 2.75) is 38.5 Å². The number of nitrogens with one attached hydrogen (secondary N) is 2. The van der Waals surface area contributed by atoms with Crippen molar-refractivity contribution in [3.63, 3.8) is 0 Å². The van der Waals surface area contributed by atoms with Gasteiger partial charge in [0.2, 0.25) is 17.8 Å². The summed E-state index contributed by atoms with van der Waals surface area (Å²) in [5.74, 6) is 1.05. The Morgan fingerprint density at radius 2 is 1.33 bits per heavy atom. The van der Waals surface area contributed by atoms with E-state index in [4.69, 9.17) is 28.2 Å². The molecule has 1 amide bonds. The first-order valence-corrected chi connectivity index (χ1v) is 13.3. The fraction of sp³-hybridized carbons (Fsp3) is 0.385. The van der Waals surface area contributed by atoms with Crippen molar-refractivity contribution in [3.05, 3.63) is 52.0 Å². The van der Waals surface area contributed by atoms with E-state index in [-0.39, 0.29) is 54.0 Å². The number of phenols is 1. The van der Waals surface area contributed by atoms with Gasteiger partial charge in [-0.05, 0) is 68.9 Å². The van der Waals surface area contributed by atoms with Gasteiger partial charge in [-0.25, -0.2) is 0 Å². The molecule has 16 heteroatoms. The van der Waals surface area contributed by atoms with E-state index < -0.39 is 5.91 Å². The highest BCUT2D eigenvalue weighted by atomic mass is 35.5. The molecule has 2 aromatic carbocycles. The molecule has 0 spiro atoms. The normalized spacial score (nSPS) is 14.0. The molecule has 0 unspecified atom stereocenters. The van der Waals surface area contributed by atoms with Crippen LogP contribution < -0.4 is 45.0 Å². The van der Waals surface area contributed by atoms with Gasteiger partial charge in [-0.2, -0.15) is 15.0 Å². The van der Waals surface area contributed by atoms with Crippen molar-refractivity contribution in [1.82, 2.24) is 39.6 Å². The maximum Gasteiger partial charge on any atom is 0.259 e. The Morgan fingerprint density at radius 1 is 0.786 bits per heavy atom. The molecular weight excluding hydrogens is 605 g/mol. The van der Waals surface area contributed by atoms with Gasteiger partial charge in [-0.1, -0.05) is 23.2 Å². The number of phenolic OH excluding ortho intramolecular Hbond substituents is 1. The van der Waals surface area contributed by atoms with E-state index in [1.54, 1.807) is 18.2 Å². The molecule has 1 aromatic heterocycles. The van der Waals surface area contributed by atoms with Crippen LogP contribution in [-0.4, -0.2) is 52.1 Å².